The molecule has 1 saturated heterocycles. The second-order valence-electron chi connectivity index (χ2n) is 11.7. The Labute approximate surface area is 239 Å². The van der Waals surface area contributed by atoms with Crippen molar-refractivity contribution in [2.45, 2.75) is 58.0 Å². The highest BCUT2D eigenvalue weighted by Crippen LogP contribution is 2.42. The monoisotopic (exact) mass is 559 g/mol. The molecule has 8 heteroatoms. The molecule has 1 unspecified atom stereocenters. The normalized spacial score (nSPS) is 15.5. The van der Waals surface area contributed by atoms with Gasteiger partial charge in [0.25, 0.3) is 0 Å². The van der Waals surface area contributed by atoms with Crippen LogP contribution in [0.15, 0.2) is 66.7 Å². The first-order chi connectivity index (χ1) is 19.4. The van der Waals surface area contributed by atoms with Gasteiger partial charge in [0.2, 0.25) is 5.91 Å². The van der Waals surface area contributed by atoms with Gasteiger partial charge in [-0.1, -0.05) is 43.3 Å². The number of amides is 2. The summed E-state index contributed by atoms with van der Waals surface area (Å²) in [5, 5.41) is 12.0. The molecule has 41 heavy (non-hydrogen) atoms. The highest BCUT2D eigenvalue weighted by atomic mass is 19.2. The number of ether oxygens (including phenoxy) is 1. The summed E-state index contributed by atoms with van der Waals surface area (Å²) in [4.78, 5) is 27.6. The van der Waals surface area contributed by atoms with E-state index in [0.717, 1.165) is 28.8 Å². The van der Waals surface area contributed by atoms with Crippen molar-refractivity contribution in [1.82, 2.24) is 4.90 Å². The third kappa shape index (κ3) is 7.29. The van der Waals surface area contributed by atoms with Crippen molar-refractivity contribution in [2.75, 3.05) is 18.4 Å². The van der Waals surface area contributed by atoms with Crippen LogP contribution in [0.25, 0.3) is 11.1 Å². The standard InChI is InChI=1S/C33H35F2N3O3/c1-22(30(39)37-27-12-13-28(34)29(35)19-27)20-33(14-16-38(17-15-33)31(40)41-32(2,3)4)26-10-8-24(9-11-26)25-7-5-6-23(18-25)21-36/h5-13,18-19,22H,14-17,20H2,1-4H3,(H,37,39). The molecule has 1 N–H and O–H groups in total. The molecular weight excluding hydrogens is 524 g/mol. The lowest BCUT2D eigenvalue weighted by Gasteiger charge is -2.43. The Morgan fingerprint density at radius 2 is 1.68 bits per heavy atom. The molecule has 4 rings (SSSR count). The van der Waals surface area contributed by atoms with E-state index in [2.05, 4.69) is 23.5 Å². The van der Waals surface area contributed by atoms with Crippen LogP contribution in [0.3, 0.4) is 0 Å². The number of likely N-dealkylation sites (tertiary alicyclic amines) is 1. The molecule has 0 radical (unpaired) electrons. The minimum absolute atomic E-state index is 0.193. The number of nitriles is 1. The molecule has 6 nitrogen and oxygen atoms in total. The number of piperidine rings is 1. The number of anilines is 1. The van der Waals surface area contributed by atoms with Crippen LogP contribution in [0.2, 0.25) is 0 Å². The van der Waals surface area contributed by atoms with Crippen LogP contribution < -0.4 is 5.32 Å². The Morgan fingerprint density at radius 3 is 2.29 bits per heavy atom. The zero-order chi connectivity index (χ0) is 29.8. The van der Waals surface area contributed by atoms with Gasteiger partial charge in [0.05, 0.1) is 11.6 Å². The van der Waals surface area contributed by atoms with E-state index in [0.29, 0.717) is 37.9 Å². The van der Waals surface area contributed by atoms with E-state index in [1.54, 1.807) is 11.0 Å². The molecule has 0 aromatic heterocycles. The zero-order valence-electron chi connectivity index (χ0n) is 23.8. The smallest absolute Gasteiger partial charge is 0.410 e. The lowest BCUT2D eigenvalue weighted by molar-refractivity contribution is -0.120. The van der Waals surface area contributed by atoms with E-state index in [-0.39, 0.29) is 17.7 Å². The van der Waals surface area contributed by atoms with Crippen LogP contribution in [-0.2, 0) is 14.9 Å². The Morgan fingerprint density at radius 1 is 1.00 bits per heavy atom. The average Bonchev–Trinajstić information content (AvgIpc) is 2.94. The predicted octanol–water partition coefficient (Wildman–Crippen LogP) is 7.44. The van der Waals surface area contributed by atoms with Gasteiger partial charge in [-0.05, 0) is 86.4 Å². The second kappa shape index (κ2) is 12.1. The summed E-state index contributed by atoms with van der Waals surface area (Å²) in [6.07, 6.45) is 1.38. The molecule has 1 fully saturated rings. The van der Waals surface area contributed by atoms with Crippen LogP contribution in [0.4, 0.5) is 19.3 Å². The predicted molar refractivity (Wildman–Crippen MR) is 154 cm³/mol. The first-order valence-electron chi connectivity index (χ1n) is 13.7. The molecule has 0 saturated carbocycles. The first kappa shape index (κ1) is 29.7. The minimum atomic E-state index is -1.03. The molecule has 3 aromatic rings. The Balaban J connectivity index is 1.57. The molecular formula is C33H35F2N3O3. The lowest BCUT2D eigenvalue weighted by Crippen LogP contribution is -2.48. The quantitative estimate of drug-likeness (QED) is 0.340. The van der Waals surface area contributed by atoms with Crippen molar-refractivity contribution in [1.29, 1.82) is 5.26 Å². The van der Waals surface area contributed by atoms with Crippen molar-refractivity contribution in [3.63, 3.8) is 0 Å². The largest absolute Gasteiger partial charge is 0.444 e. The van der Waals surface area contributed by atoms with E-state index < -0.39 is 28.6 Å². The Kier molecular flexibility index (Phi) is 8.77. The van der Waals surface area contributed by atoms with E-state index in [4.69, 9.17) is 4.74 Å². The number of carbonyl (C=O) groups excluding carboxylic acids is 2. The van der Waals surface area contributed by atoms with Crippen LogP contribution >= 0.6 is 0 Å². The summed E-state index contributed by atoms with van der Waals surface area (Å²) < 4.78 is 32.6. The molecule has 1 heterocycles. The van der Waals surface area contributed by atoms with E-state index >= 15 is 0 Å². The highest BCUT2D eigenvalue weighted by molar-refractivity contribution is 5.92. The number of nitrogens with one attached hydrogen (secondary N) is 1. The van der Waals surface area contributed by atoms with Crippen molar-refractivity contribution >= 4 is 17.7 Å². The van der Waals surface area contributed by atoms with Gasteiger partial charge in [0.15, 0.2) is 11.6 Å². The van der Waals surface area contributed by atoms with Crippen LogP contribution in [0.1, 0.15) is 58.1 Å². The Hall–Kier alpha value is -4.25. The minimum Gasteiger partial charge on any atom is -0.444 e. The Bertz CT molecular complexity index is 1450. The molecule has 0 bridgehead atoms. The maximum atomic E-state index is 13.7. The van der Waals surface area contributed by atoms with Gasteiger partial charge in [-0.15, -0.1) is 0 Å². The summed E-state index contributed by atoms with van der Waals surface area (Å²) in [5.74, 6) is -2.76. The molecule has 0 spiro atoms. The number of hydrogen-bond acceptors (Lipinski definition) is 4. The van der Waals surface area contributed by atoms with E-state index in [9.17, 15) is 23.6 Å². The van der Waals surface area contributed by atoms with Gasteiger partial charge in [0.1, 0.15) is 5.60 Å². The maximum Gasteiger partial charge on any atom is 0.410 e. The summed E-state index contributed by atoms with van der Waals surface area (Å²) >= 11 is 0. The zero-order valence-corrected chi connectivity index (χ0v) is 23.8. The van der Waals surface area contributed by atoms with E-state index in [1.165, 1.54) is 6.07 Å². The highest BCUT2D eigenvalue weighted by Gasteiger charge is 2.40. The maximum absolute atomic E-state index is 13.7. The third-order valence-electron chi connectivity index (χ3n) is 7.53. The van der Waals surface area contributed by atoms with Gasteiger partial charge in [-0.25, -0.2) is 13.6 Å². The summed E-state index contributed by atoms with van der Waals surface area (Å²) in [7, 11) is 0. The van der Waals surface area contributed by atoms with Gasteiger partial charge in [-0.2, -0.15) is 5.26 Å². The summed E-state index contributed by atoms with van der Waals surface area (Å²) in [6, 6.07) is 21.0. The van der Waals surface area contributed by atoms with Crippen molar-refractivity contribution in [3.8, 4) is 17.2 Å². The molecule has 0 aliphatic carbocycles. The first-order valence-corrected chi connectivity index (χ1v) is 13.7. The van der Waals surface area contributed by atoms with Gasteiger partial charge in [0, 0.05) is 30.8 Å². The third-order valence-corrected chi connectivity index (χ3v) is 7.53. The molecule has 1 aliphatic heterocycles. The van der Waals surface area contributed by atoms with Gasteiger partial charge < -0.3 is 15.0 Å². The van der Waals surface area contributed by atoms with Crippen LogP contribution in [0.5, 0.6) is 0 Å². The number of rotatable bonds is 6. The van der Waals surface area contributed by atoms with Crippen LogP contribution in [0, 0.1) is 28.9 Å². The van der Waals surface area contributed by atoms with E-state index in [1.807, 2.05) is 58.0 Å². The van der Waals surface area contributed by atoms with Crippen molar-refractivity contribution in [3.05, 3.63) is 89.5 Å². The molecule has 1 aliphatic rings. The number of hydrogen-bond donors (Lipinski definition) is 1. The van der Waals surface area contributed by atoms with Crippen molar-refractivity contribution in [2.24, 2.45) is 5.92 Å². The fourth-order valence-corrected chi connectivity index (χ4v) is 5.36. The number of nitrogens with zero attached hydrogens (tertiary/aromatic N) is 2. The molecule has 2 amide bonds. The van der Waals surface area contributed by atoms with Gasteiger partial charge >= 0.3 is 6.09 Å². The summed E-state index contributed by atoms with van der Waals surface area (Å²) in [6.45, 7) is 8.26. The molecule has 1 atom stereocenters. The SMILES string of the molecule is CC(CC1(c2ccc(-c3cccc(C#N)c3)cc2)CCN(C(=O)OC(C)(C)C)CC1)C(=O)Nc1ccc(F)c(F)c1. The topological polar surface area (TPSA) is 82.4 Å². The number of benzene rings is 3. The molecule has 3 aromatic carbocycles. The molecule has 214 valence electrons. The fourth-order valence-electron chi connectivity index (χ4n) is 5.36. The summed E-state index contributed by atoms with van der Waals surface area (Å²) in [5.41, 5.74) is 2.72. The van der Waals surface area contributed by atoms with Gasteiger partial charge in [-0.3, -0.25) is 4.79 Å². The number of carbonyl (C=O) groups is 2. The average molecular weight is 560 g/mol. The number of halogens is 2. The lowest BCUT2D eigenvalue weighted by atomic mass is 9.67. The van der Waals surface area contributed by atoms with Crippen molar-refractivity contribution < 1.29 is 23.1 Å². The van der Waals surface area contributed by atoms with Crippen LogP contribution in [-0.4, -0.2) is 35.6 Å². The second-order valence-corrected chi connectivity index (χ2v) is 11.7. The fraction of sp³-hybridized carbons (Fsp3) is 0.364.